The number of hydrogen-bond acceptors (Lipinski definition) is 4. The number of fused-ring (bicyclic) bond motifs is 1. The summed E-state index contributed by atoms with van der Waals surface area (Å²) < 4.78 is 5.38. The van der Waals surface area contributed by atoms with Crippen LogP contribution in [-0.2, 0) is 0 Å². The van der Waals surface area contributed by atoms with Crippen LogP contribution < -0.4 is 4.74 Å². The number of H-pyrrole nitrogens is 2. The van der Waals surface area contributed by atoms with Crippen LogP contribution in [0.2, 0.25) is 0 Å². The highest BCUT2D eigenvalue weighted by Crippen LogP contribution is 2.30. The van der Waals surface area contributed by atoms with Crippen molar-refractivity contribution in [3.8, 4) is 28.4 Å². The molecule has 2 aromatic carbocycles. The molecule has 0 saturated carbocycles. The molecule has 0 amide bonds. The first-order chi connectivity index (χ1) is 11.3. The van der Waals surface area contributed by atoms with Crippen LogP contribution in [-0.4, -0.2) is 32.0 Å². The average Bonchev–Trinajstić information content (AvgIpc) is 3.25. The van der Waals surface area contributed by atoms with Crippen molar-refractivity contribution in [3.05, 3.63) is 55.7 Å². The highest BCUT2D eigenvalue weighted by molar-refractivity contribution is 5.95. The van der Waals surface area contributed by atoms with E-state index >= 15 is 0 Å². The van der Waals surface area contributed by atoms with Crippen LogP contribution in [0.5, 0.6) is 5.75 Å². The lowest BCUT2D eigenvalue weighted by atomic mass is 10.1. The third-order valence-electron chi connectivity index (χ3n) is 3.65. The zero-order chi connectivity index (χ0) is 15.6. The predicted molar refractivity (Wildman–Crippen MR) is 87.8 cm³/mol. The van der Waals surface area contributed by atoms with Crippen molar-refractivity contribution in [2.45, 2.75) is 0 Å². The third-order valence-corrected chi connectivity index (χ3v) is 3.65. The monoisotopic (exact) mass is 304 g/mol. The summed E-state index contributed by atoms with van der Waals surface area (Å²) in [6, 6.07) is 13.8. The molecule has 2 N–H and O–H groups in total. The van der Waals surface area contributed by atoms with Crippen LogP contribution in [0.15, 0.2) is 48.8 Å². The van der Waals surface area contributed by atoms with E-state index < -0.39 is 0 Å². The molecule has 4 aromatic rings. The molecule has 113 valence electrons. The van der Waals surface area contributed by atoms with Gasteiger partial charge in [-0.1, -0.05) is 0 Å². The van der Waals surface area contributed by atoms with E-state index in [0.717, 1.165) is 39.3 Å². The van der Waals surface area contributed by atoms with Gasteiger partial charge >= 0.3 is 0 Å². The molecule has 1 radical (unpaired) electrons. The van der Waals surface area contributed by atoms with Gasteiger partial charge in [-0.2, -0.15) is 10.2 Å². The van der Waals surface area contributed by atoms with E-state index in [4.69, 9.17) is 4.74 Å². The normalized spacial score (nSPS) is 11.0. The van der Waals surface area contributed by atoms with E-state index in [-0.39, 0.29) is 0 Å². The van der Waals surface area contributed by atoms with Gasteiger partial charge in [-0.05, 0) is 49.4 Å². The van der Waals surface area contributed by atoms with Crippen molar-refractivity contribution in [3.63, 3.8) is 0 Å². The number of nitrogens with zero attached hydrogens (tertiary/aromatic N) is 3. The predicted octanol–water partition coefficient (Wildman–Crippen LogP) is 3.23. The number of aromatic amines is 2. The van der Waals surface area contributed by atoms with Crippen molar-refractivity contribution < 1.29 is 4.74 Å². The molecule has 0 atom stereocenters. The summed E-state index contributed by atoms with van der Waals surface area (Å²) in [5.41, 5.74) is 3.85. The number of nitrogens with one attached hydrogen (secondary N) is 2. The van der Waals surface area contributed by atoms with Gasteiger partial charge in [-0.25, -0.2) is 4.98 Å². The highest BCUT2D eigenvalue weighted by Gasteiger charge is 2.10. The number of aromatic nitrogens is 5. The Morgan fingerprint density at radius 1 is 1.00 bits per heavy atom. The molecule has 0 saturated heterocycles. The first kappa shape index (κ1) is 13.5. The molecule has 0 fully saturated rings. The Morgan fingerprint density at radius 3 is 2.57 bits per heavy atom. The molecular formula is C17H14N5O. The van der Waals surface area contributed by atoms with Gasteiger partial charge < -0.3 is 4.74 Å². The SMILES string of the molecule is [CH2]COc1ccc(-c2n[nH]c3ccc(-c4ncn[nH]4)cc23)cc1. The number of ether oxygens (including phenoxy) is 1. The molecule has 2 heterocycles. The Labute approximate surface area is 132 Å². The summed E-state index contributed by atoms with van der Waals surface area (Å²) in [6.07, 6.45) is 1.50. The fraction of sp³-hybridized carbons (Fsp3) is 0.0588. The van der Waals surface area contributed by atoms with E-state index in [2.05, 4.69) is 38.4 Å². The minimum Gasteiger partial charge on any atom is -0.494 e. The fourth-order valence-corrected chi connectivity index (χ4v) is 2.55. The second kappa shape index (κ2) is 5.57. The molecule has 0 aliphatic carbocycles. The van der Waals surface area contributed by atoms with Gasteiger partial charge in [-0.3, -0.25) is 10.2 Å². The van der Waals surface area contributed by atoms with Crippen LogP contribution in [0.4, 0.5) is 0 Å². The van der Waals surface area contributed by atoms with Crippen molar-refractivity contribution >= 4 is 10.9 Å². The summed E-state index contributed by atoms with van der Waals surface area (Å²) in [6.45, 7) is 4.08. The Kier molecular flexibility index (Phi) is 3.27. The molecule has 0 spiro atoms. The number of hydrogen-bond donors (Lipinski definition) is 2. The molecule has 6 heteroatoms. The summed E-state index contributed by atoms with van der Waals surface area (Å²) in [5, 5.41) is 15.3. The average molecular weight is 304 g/mol. The van der Waals surface area contributed by atoms with Crippen molar-refractivity contribution in [1.29, 1.82) is 0 Å². The van der Waals surface area contributed by atoms with E-state index in [1.807, 2.05) is 36.4 Å². The Bertz CT molecular complexity index is 925. The molecule has 6 nitrogen and oxygen atoms in total. The zero-order valence-corrected chi connectivity index (χ0v) is 12.3. The minimum absolute atomic E-state index is 0.408. The van der Waals surface area contributed by atoms with E-state index in [9.17, 15) is 0 Å². The van der Waals surface area contributed by atoms with E-state index in [1.165, 1.54) is 6.33 Å². The number of rotatable bonds is 4. The van der Waals surface area contributed by atoms with Crippen LogP contribution in [0.3, 0.4) is 0 Å². The van der Waals surface area contributed by atoms with Crippen molar-refractivity contribution in [1.82, 2.24) is 25.4 Å². The Morgan fingerprint density at radius 2 is 1.83 bits per heavy atom. The first-order valence-corrected chi connectivity index (χ1v) is 7.21. The second-order valence-corrected chi connectivity index (χ2v) is 5.04. The van der Waals surface area contributed by atoms with Crippen LogP contribution in [0.25, 0.3) is 33.5 Å². The molecular weight excluding hydrogens is 290 g/mol. The van der Waals surface area contributed by atoms with E-state index in [1.54, 1.807) is 0 Å². The van der Waals surface area contributed by atoms with Crippen LogP contribution in [0, 0.1) is 6.92 Å². The zero-order valence-electron chi connectivity index (χ0n) is 12.3. The Balaban J connectivity index is 1.79. The van der Waals surface area contributed by atoms with Gasteiger partial charge in [0.25, 0.3) is 0 Å². The molecule has 0 aliphatic heterocycles. The topological polar surface area (TPSA) is 79.5 Å². The van der Waals surface area contributed by atoms with Crippen molar-refractivity contribution in [2.24, 2.45) is 0 Å². The van der Waals surface area contributed by atoms with Crippen LogP contribution in [0.1, 0.15) is 0 Å². The van der Waals surface area contributed by atoms with Gasteiger partial charge in [0, 0.05) is 16.5 Å². The van der Waals surface area contributed by atoms with Crippen LogP contribution >= 0.6 is 0 Å². The van der Waals surface area contributed by atoms with Crippen molar-refractivity contribution in [2.75, 3.05) is 6.61 Å². The largest absolute Gasteiger partial charge is 0.494 e. The lowest BCUT2D eigenvalue weighted by Crippen LogP contribution is -1.91. The lowest BCUT2D eigenvalue weighted by Gasteiger charge is -2.04. The van der Waals surface area contributed by atoms with Gasteiger partial charge in [0.05, 0.1) is 17.8 Å². The van der Waals surface area contributed by atoms with E-state index in [0.29, 0.717) is 6.61 Å². The maximum absolute atomic E-state index is 5.38. The molecule has 4 rings (SSSR count). The molecule has 0 aliphatic rings. The van der Waals surface area contributed by atoms with Gasteiger partial charge in [0.1, 0.15) is 12.1 Å². The summed E-state index contributed by atoms with van der Waals surface area (Å²) in [7, 11) is 0. The fourth-order valence-electron chi connectivity index (χ4n) is 2.55. The molecule has 23 heavy (non-hydrogen) atoms. The summed E-state index contributed by atoms with van der Waals surface area (Å²) in [4.78, 5) is 4.19. The lowest BCUT2D eigenvalue weighted by molar-refractivity contribution is 0.361. The molecule has 0 unspecified atom stereocenters. The van der Waals surface area contributed by atoms with Gasteiger partial charge in [0.15, 0.2) is 5.82 Å². The summed E-state index contributed by atoms with van der Waals surface area (Å²) in [5.74, 6) is 1.53. The second-order valence-electron chi connectivity index (χ2n) is 5.04. The molecule has 2 aromatic heterocycles. The standard InChI is InChI=1S/C17H14N5O/c1-2-23-13-6-3-11(4-7-13)16-14-9-12(17-18-10-19-22-17)5-8-15(14)20-21-16/h3-10H,1-2H2,(H,20,21)(H,18,19,22). The maximum Gasteiger partial charge on any atom is 0.155 e. The first-order valence-electron chi connectivity index (χ1n) is 7.21. The minimum atomic E-state index is 0.408. The Hall–Kier alpha value is -3.15. The third kappa shape index (κ3) is 2.44. The molecule has 0 bridgehead atoms. The van der Waals surface area contributed by atoms with Gasteiger partial charge in [0.2, 0.25) is 0 Å². The highest BCUT2D eigenvalue weighted by atomic mass is 16.5. The number of benzene rings is 2. The smallest absolute Gasteiger partial charge is 0.155 e. The van der Waals surface area contributed by atoms with Gasteiger partial charge in [-0.15, -0.1) is 0 Å². The maximum atomic E-state index is 5.38. The quantitative estimate of drug-likeness (QED) is 0.606. The summed E-state index contributed by atoms with van der Waals surface area (Å²) >= 11 is 0.